The number of likely N-dealkylation sites (tertiary alicyclic amines) is 1. The highest BCUT2D eigenvalue weighted by Crippen LogP contribution is 2.40. The van der Waals surface area contributed by atoms with E-state index in [4.69, 9.17) is 40.2 Å². The molecule has 0 spiro atoms. The van der Waals surface area contributed by atoms with Crippen molar-refractivity contribution < 1.29 is 38.2 Å². The molecule has 1 fully saturated rings. The summed E-state index contributed by atoms with van der Waals surface area (Å²) in [5.74, 6) is 0.256. The number of nitrogens with zero attached hydrogens (tertiary/aromatic N) is 2. The highest BCUT2D eigenvalue weighted by Gasteiger charge is 2.32. The molecule has 5 rings (SSSR count). The maximum Gasteiger partial charge on any atom is 0.374 e. The highest BCUT2D eigenvalue weighted by atomic mass is 35.5. The van der Waals surface area contributed by atoms with E-state index < -0.39 is 5.97 Å². The number of carboxylic acid groups (broad SMARTS) is 1. The van der Waals surface area contributed by atoms with Crippen LogP contribution in [0.5, 0.6) is 23.0 Å². The van der Waals surface area contributed by atoms with Crippen LogP contribution in [0.4, 0.5) is 0 Å². The van der Waals surface area contributed by atoms with Crippen LogP contribution in [-0.2, 0) is 13.2 Å². The molecule has 2 heterocycles. The average Bonchev–Trinajstić information content (AvgIpc) is 3.71. The van der Waals surface area contributed by atoms with E-state index in [-0.39, 0.29) is 47.1 Å². The molecule has 0 bridgehead atoms. The van der Waals surface area contributed by atoms with Crippen molar-refractivity contribution in [2.75, 3.05) is 27.3 Å². The maximum atomic E-state index is 13.6. The van der Waals surface area contributed by atoms with Gasteiger partial charge in [0.1, 0.15) is 24.7 Å². The Labute approximate surface area is 247 Å². The number of hydrogen-bond acceptors (Lipinski definition) is 8. The maximum absolute atomic E-state index is 13.6. The Morgan fingerprint density at radius 3 is 2.14 bits per heavy atom. The van der Waals surface area contributed by atoms with Crippen molar-refractivity contribution in [2.45, 2.75) is 25.6 Å². The summed E-state index contributed by atoms with van der Waals surface area (Å²) in [6, 6.07) is 19.6. The first-order valence-corrected chi connectivity index (χ1v) is 13.6. The number of rotatable bonds is 11. The second kappa shape index (κ2) is 12.9. The van der Waals surface area contributed by atoms with Crippen LogP contribution >= 0.6 is 11.6 Å². The zero-order valence-corrected chi connectivity index (χ0v) is 23.8. The fraction of sp³-hybridized carbons (Fsp3) is 0.258. The van der Waals surface area contributed by atoms with E-state index in [9.17, 15) is 9.59 Å². The van der Waals surface area contributed by atoms with Crippen LogP contribution < -0.4 is 18.9 Å². The number of amides is 1. The number of ether oxygens (including phenoxy) is 4. The molecule has 0 unspecified atom stereocenters. The van der Waals surface area contributed by atoms with Gasteiger partial charge in [0, 0.05) is 25.1 Å². The lowest BCUT2D eigenvalue weighted by Crippen LogP contribution is -2.28. The third-order valence-electron chi connectivity index (χ3n) is 7.02. The lowest BCUT2D eigenvalue weighted by atomic mass is 10.1. The predicted molar refractivity (Wildman–Crippen MR) is 153 cm³/mol. The number of carboxylic acids is 1. The van der Waals surface area contributed by atoms with Crippen molar-refractivity contribution in [2.24, 2.45) is 0 Å². The molecular weight excluding hydrogens is 564 g/mol. The summed E-state index contributed by atoms with van der Waals surface area (Å²) in [6.07, 6.45) is 0.610. The smallest absolute Gasteiger partial charge is 0.374 e. The largest absolute Gasteiger partial charge is 0.497 e. The molecule has 1 aromatic heterocycles. The van der Waals surface area contributed by atoms with Crippen molar-refractivity contribution in [3.8, 4) is 23.0 Å². The Hall–Kier alpha value is -4.70. The molecule has 1 aliphatic heterocycles. The van der Waals surface area contributed by atoms with Crippen LogP contribution in [0.1, 0.15) is 50.1 Å². The van der Waals surface area contributed by atoms with Crippen LogP contribution in [-0.4, -0.2) is 54.3 Å². The van der Waals surface area contributed by atoms with Crippen molar-refractivity contribution in [3.05, 3.63) is 99.9 Å². The van der Waals surface area contributed by atoms with Crippen molar-refractivity contribution >= 4 is 23.5 Å². The molecule has 0 saturated carbocycles. The third kappa shape index (κ3) is 6.44. The quantitative estimate of drug-likeness (QED) is 0.229. The number of aromatic nitrogens is 1. The van der Waals surface area contributed by atoms with E-state index in [0.29, 0.717) is 31.0 Å². The van der Waals surface area contributed by atoms with Gasteiger partial charge in [0.2, 0.25) is 5.76 Å². The van der Waals surface area contributed by atoms with E-state index in [1.165, 1.54) is 6.07 Å². The minimum absolute atomic E-state index is 0.138. The SMILES string of the molecule is COc1ccc(COc2ccc(C(=O)N3CC[C@@H](c4cc(C(=O)O)on4)C3)c(Cl)c2OCc2ccc(OC)cc2)cc1. The summed E-state index contributed by atoms with van der Waals surface area (Å²) in [5.41, 5.74) is 2.56. The molecule has 42 heavy (non-hydrogen) atoms. The summed E-state index contributed by atoms with van der Waals surface area (Å²) in [6.45, 7) is 1.23. The fourth-order valence-electron chi connectivity index (χ4n) is 4.65. The van der Waals surface area contributed by atoms with Gasteiger partial charge in [-0.3, -0.25) is 4.79 Å². The van der Waals surface area contributed by atoms with Gasteiger partial charge in [-0.1, -0.05) is 41.0 Å². The summed E-state index contributed by atoms with van der Waals surface area (Å²) >= 11 is 6.83. The van der Waals surface area contributed by atoms with E-state index in [1.807, 2.05) is 48.5 Å². The van der Waals surface area contributed by atoms with Gasteiger partial charge in [0.25, 0.3) is 5.91 Å². The van der Waals surface area contributed by atoms with Gasteiger partial charge in [-0.25, -0.2) is 4.79 Å². The second-order valence-corrected chi connectivity index (χ2v) is 10.1. The predicted octanol–water partition coefficient (Wildman–Crippen LogP) is 5.83. The number of hydrogen-bond donors (Lipinski definition) is 1. The summed E-state index contributed by atoms with van der Waals surface area (Å²) in [4.78, 5) is 26.4. The summed E-state index contributed by atoms with van der Waals surface area (Å²) in [7, 11) is 3.20. The first-order valence-electron chi connectivity index (χ1n) is 13.2. The van der Waals surface area contributed by atoms with Gasteiger partial charge in [-0.2, -0.15) is 0 Å². The van der Waals surface area contributed by atoms with E-state index >= 15 is 0 Å². The standard InChI is InChI=1S/C31H29ClN2O8/c1-38-22-7-3-19(4-8-22)17-40-26-12-11-24(28(32)29(26)41-18-20-5-9-23(39-2)10-6-20)30(35)34-14-13-21(16-34)25-15-27(31(36)37)42-33-25/h3-12,15,21H,13-14,16-18H2,1-2H3,(H,36,37)/t21-/m1/s1. The Kier molecular flexibility index (Phi) is 8.83. The first kappa shape index (κ1) is 28.8. The van der Waals surface area contributed by atoms with E-state index in [2.05, 4.69) is 5.16 Å². The number of carbonyl (C=O) groups excluding carboxylic acids is 1. The molecule has 3 aromatic carbocycles. The van der Waals surface area contributed by atoms with E-state index in [1.54, 1.807) is 31.3 Å². The van der Waals surface area contributed by atoms with Crippen LogP contribution in [0.2, 0.25) is 5.02 Å². The molecule has 0 radical (unpaired) electrons. The molecule has 1 atom stereocenters. The third-order valence-corrected chi connectivity index (χ3v) is 7.40. The Morgan fingerprint density at radius 1 is 0.952 bits per heavy atom. The fourth-order valence-corrected chi connectivity index (χ4v) is 4.94. The normalized spacial score (nSPS) is 14.5. The molecular formula is C31H29ClN2O8. The lowest BCUT2D eigenvalue weighted by molar-refractivity contribution is 0.0651. The topological polar surface area (TPSA) is 121 Å². The molecule has 1 amide bonds. The van der Waals surface area contributed by atoms with Crippen LogP contribution in [0.15, 0.2) is 71.3 Å². The number of carbonyl (C=O) groups is 2. The number of methoxy groups -OCH3 is 2. The molecule has 0 aliphatic carbocycles. The zero-order valence-electron chi connectivity index (χ0n) is 23.0. The molecule has 1 aliphatic rings. The Bertz CT molecular complexity index is 1550. The molecule has 218 valence electrons. The lowest BCUT2D eigenvalue weighted by Gasteiger charge is -2.20. The van der Waals surface area contributed by atoms with Crippen molar-refractivity contribution in [3.63, 3.8) is 0 Å². The van der Waals surface area contributed by atoms with Gasteiger partial charge in [0.05, 0.1) is 30.5 Å². The first-order chi connectivity index (χ1) is 20.4. The van der Waals surface area contributed by atoms with Crippen molar-refractivity contribution in [1.82, 2.24) is 10.1 Å². The van der Waals surface area contributed by atoms with Crippen LogP contribution in [0.25, 0.3) is 0 Å². The average molecular weight is 593 g/mol. The van der Waals surface area contributed by atoms with Crippen LogP contribution in [0, 0.1) is 0 Å². The second-order valence-electron chi connectivity index (χ2n) is 9.69. The number of aromatic carboxylic acids is 1. The van der Waals surface area contributed by atoms with Gasteiger partial charge >= 0.3 is 5.97 Å². The van der Waals surface area contributed by atoms with Crippen molar-refractivity contribution in [1.29, 1.82) is 0 Å². The summed E-state index contributed by atoms with van der Waals surface area (Å²) in [5, 5.41) is 13.1. The Balaban J connectivity index is 1.36. The van der Waals surface area contributed by atoms with E-state index in [0.717, 1.165) is 22.6 Å². The monoisotopic (exact) mass is 592 g/mol. The molecule has 1 saturated heterocycles. The minimum atomic E-state index is -1.19. The van der Waals surface area contributed by atoms with Gasteiger partial charge in [-0.15, -0.1) is 0 Å². The Morgan fingerprint density at radius 2 is 1.57 bits per heavy atom. The molecule has 11 heteroatoms. The molecule has 1 N–H and O–H groups in total. The van der Waals surface area contributed by atoms with Gasteiger partial charge < -0.3 is 33.5 Å². The zero-order chi connectivity index (χ0) is 29.6. The minimum Gasteiger partial charge on any atom is -0.497 e. The number of benzene rings is 3. The number of halogens is 1. The summed E-state index contributed by atoms with van der Waals surface area (Å²) < 4.78 is 27.6. The van der Waals surface area contributed by atoms with Gasteiger partial charge in [-0.05, 0) is 53.9 Å². The molecule has 10 nitrogen and oxygen atoms in total. The van der Waals surface area contributed by atoms with Crippen LogP contribution in [0.3, 0.4) is 0 Å². The highest BCUT2D eigenvalue weighted by molar-refractivity contribution is 6.35. The van der Waals surface area contributed by atoms with Gasteiger partial charge in [0.15, 0.2) is 11.5 Å². The molecule has 4 aromatic rings.